The number of aryl methyl sites for hydroxylation is 1. The monoisotopic (exact) mass is 420 g/mol. The summed E-state index contributed by atoms with van der Waals surface area (Å²) in [5.74, 6) is 2.84. The summed E-state index contributed by atoms with van der Waals surface area (Å²) in [5, 5.41) is 16.0. The lowest BCUT2D eigenvalue weighted by atomic mass is 10.1. The fourth-order valence-corrected chi connectivity index (χ4v) is 4.59. The maximum Gasteiger partial charge on any atom is 0.161 e. The molecule has 2 aliphatic heterocycles. The van der Waals surface area contributed by atoms with Gasteiger partial charge < -0.3 is 20.1 Å². The van der Waals surface area contributed by atoms with Crippen LogP contribution in [0.5, 0.6) is 11.5 Å². The van der Waals surface area contributed by atoms with Gasteiger partial charge in [-0.25, -0.2) is 9.97 Å². The number of hydrogen-bond donors (Lipinski definition) is 2. The van der Waals surface area contributed by atoms with Crippen LogP contribution in [0.4, 0.5) is 22.9 Å². The van der Waals surface area contributed by atoms with E-state index in [1.807, 2.05) is 31.2 Å². The van der Waals surface area contributed by atoms with E-state index in [9.17, 15) is 0 Å². The molecule has 152 valence electrons. The Bertz CT molecular complexity index is 1180. The van der Waals surface area contributed by atoms with Crippen LogP contribution in [-0.4, -0.2) is 24.2 Å². The molecule has 0 spiro atoms. The Balaban J connectivity index is 1.51. The van der Waals surface area contributed by atoms with Crippen LogP contribution >= 0.6 is 11.8 Å². The first-order valence-electron chi connectivity index (χ1n) is 9.47. The zero-order valence-corrected chi connectivity index (χ0v) is 17.6. The summed E-state index contributed by atoms with van der Waals surface area (Å²) < 4.78 is 10.9. The van der Waals surface area contributed by atoms with Gasteiger partial charge in [-0.2, -0.15) is 10.2 Å². The maximum absolute atomic E-state index is 5.47. The van der Waals surface area contributed by atoms with Gasteiger partial charge in [0.15, 0.2) is 17.3 Å². The summed E-state index contributed by atoms with van der Waals surface area (Å²) in [4.78, 5) is 10.4. The van der Waals surface area contributed by atoms with Crippen LogP contribution in [0, 0.1) is 6.92 Å². The quantitative estimate of drug-likeness (QED) is 0.559. The van der Waals surface area contributed by atoms with Crippen molar-refractivity contribution in [2.75, 3.05) is 24.9 Å². The molecule has 0 aliphatic carbocycles. The number of methoxy groups -OCH3 is 2. The Morgan fingerprint density at radius 1 is 1.03 bits per heavy atom. The fourth-order valence-electron chi connectivity index (χ4n) is 3.51. The minimum Gasteiger partial charge on any atom is -0.493 e. The molecule has 0 radical (unpaired) electrons. The number of azo groups is 1. The molecule has 0 saturated carbocycles. The van der Waals surface area contributed by atoms with Crippen LogP contribution in [0.2, 0.25) is 0 Å². The van der Waals surface area contributed by atoms with Crippen molar-refractivity contribution in [2.45, 2.75) is 29.9 Å². The Labute approximate surface area is 178 Å². The Hall–Kier alpha value is -3.33. The summed E-state index contributed by atoms with van der Waals surface area (Å²) in [6, 6.07) is 10.0. The van der Waals surface area contributed by atoms with E-state index in [0.29, 0.717) is 30.4 Å². The van der Waals surface area contributed by atoms with E-state index in [-0.39, 0.29) is 0 Å². The largest absolute Gasteiger partial charge is 0.493 e. The van der Waals surface area contributed by atoms with Crippen LogP contribution < -0.4 is 20.1 Å². The lowest BCUT2D eigenvalue weighted by Gasteiger charge is -2.14. The molecule has 0 amide bonds. The van der Waals surface area contributed by atoms with Crippen LogP contribution in [0.3, 0.4) is 0 Å². The van der Waals surface area contributed by atoms with Crippen LogP contribution in [0.15, 0.2) is 50.5 Å². The van der Waals surface area contributed by atoms with Gasteiger partial charge in [-0.3, -0.25) is 0 Å². The standard InChI is InChI=1S/C21H20N6O2S/c1-11-24-20(26-14-4-5-15-12(6-14)10-23-27-15)19-21(25-11)30-18-8-17(29-3)16(28-2)7-13(18)9-22-19/h4-8,22H,9-10H2,1-3H3,(H,24,25,26). The van der Waals surface area contributed by atoms with Gasteiger partial charge in [-0.15, -0.1) is 0 Å². The molecule has 0 saturated heterocycles. The minimum absolute atomic E-state index is 0.610. The number of aromatic nitrogens is 2. The van der Waals surface area contributed by atoms with Crippen molar-refractivity contribution in [1.29, 1.82) is 0 Å². The van der Waals surface area contributed by atoms with Gasteiger partial charge in [0.25, 0.3) is 0 Å². The van der Waals surface area contributed by atoms with E-state index in [1.54, 1.807) is 26.0 Å². The number of nitrogens with zero attached hydrogens (tertiary/aromatic N) is 4. The highest BCUT2D eigenvalue weighted by Crippen LogP contribution is 2.44. The van der Waals surface area contributed by atoms with Crippen LogP contribution in [-0.2, 0) is 13.1 Å². The highest BCUT2D eigenvalue weighted by molar-refractivity contribution is 7.99. The molecule has 0 bridgehead atoms. The molecule has 0 atom stereocenters. The zero-order chi connectivity index (χ0) is 20.7. The van der Waals surface area contributed by atoms with E-state index in [2.05, 4.69) is 36.9 Å². The molecule has 2 aromatic carbocycles. The third-order valence-electron chi connectivity index (χ3n) is 4.98. The topological polar surface area (TPSA) is 93.0 Å². The number of hydrogen-bond acceptors (Lipinski definition) is 9. The number of benzene rings is 2. The SMILES string of the molecule is COc1cc2c(cc1OC)Sc1nc(C)nc(Nc3ccc4c(c3)CN=N4)c1NC2. The molecule has 2 N–H and O–H groups in total. The normalized spacial score (nSPS) is 13.6. The third kappa shape index (κ3) is 3.30. The smallest absolute Gasteiger partial charge is 0.161 e. The Morgan fingerprint density at radius 2 is 1.87 bits per heavy atom. The van der Waals surface area contributed by atoms with E-state index in [0.717, 1.165) is 43.9 Å². The van der Waals surface area contributed by atoms with Crippen molar-refractivity contribution < 1.29 is 9.47 Å². The number of nitrogens with one attached hydrogen (secondary N) is 2. The van der Waals surface area contributed by atoms with Gasteiger partial charge in [0.2, 0.25) is 0 Å². The third-order valence-corrected chi connectivity index (χ3v) is 6.07. The molecular weight excluding hydrogens is 400 g/mol. The first-order chi connectivity index (χ1) is 14.6. The predicted molar refractivity (Wildman–Crippen MR) is 116 cm³/mol. The van der Waals surface area contributed by atoms with Crippen molar-refractivity contribution >= 4 is 34.6 Å². The Kier molecular flexibility index (Phi) is 4.66. The Morgan fingerprint density at radius 3 is 2.70 bits per heavy atom. The fraction of sp³-hybridized carbons (Fsp3) is 0.238. The molecule has 30 heavy (non-hydrogen) atoms. The van der Waals surface area contributed by atoms with E-state index >= 15 is 0 Å². The van der Waals surface area contributed by atoms with E-state index in [1.165, 1.54) is 0 Å². The van der Waals surface area contributed by atoms with Gasteiger partial charge in [0.05, 0.1) is 26.5 Å². The minimum atomic E-state index is 0.610. The average Bonchev–Trinajstić information content (AvgIpc) is 3.13. The lowest BCUT2D eigenvalue weighted by Crippen LogP contribution is -2.07. The van der Waals surface area contributed by atoms with Crippen molar-refractivity contribution in [3.05, 3.63) is 47.3 Å². The molecule has 9 heteroatoms. The molecular formula is C21H20N6O2S. The van der Waals surface area contributed by atoms with Gasteiger partial charge in [-0.1, -0.05) is 11.8 Å². The van der Waals surface area contributed by atoms with Gasteiger partial charge in [-0.05, 0) is 42.8 Å². The lowest BCUT2D eigenvalue weighted by molar-refractivity contribution is 0.353. The molecule has 8 nitrogen and oxygen atoms in total. The predicted octanol–water partition coefficient (Wildman–Crippen LogP) is 5.22. The summed E-state index contributed by atoms with van der Waals surface area (Å²) >= 11 is 1.59. The van der Waals surface area contributed by atoms with E-state index < -0.39 is 0 Å². The maximum atomic E-state index is 5.47. The van der Waals surface area contributed by atoms with Crippen molar-refractivity contribution in [3.8, 4) is 11.5 Å². The summed E-state index contributed by atoms with van der Waals surface area (Å²) in [7, 11) is 3.29. The highest BCUT2D eigenvalue weighted by Gasteiger charge is 2.22. The first kappa shape index (κ1) is 18.7. The molecule has 5 rings (SSSR count). The number of rotatable bonds is 4. The number of fused-ring (bicyclic) bond motifs is 3. The molecule has 0 fully saturated rings. The summed E-state index contributed by atoms with van der Waals surface area (Å²) in [6.45, 7) is 3.13. The van der Waals surface area contributed by atoms with Crippen molar-refractivity contribution in [3.63, 3.8) is 0 Å². The van der Waals surface area contributed by atoms with Crippen LogP contribution in [0.1, 0.15) is 17.0 Å². The first-order valence-corrected chi connectivity index (χ1v) is 10.3. The molecule has 3 heterocycles. The van der Waals surface area contributed by atoms with Crippen molar-refractivity contribution in [1.82, 2.24) is 9.97 Å². The van der Waals surface area contributed by atoms with Gasteiger partial charge >= 0.3 is 0 Å². The summed E-state index contributed by atoms with van der Waals surface area (Å²) in [6.07, 6.45) is 0. The second-order valence-electron chi connectivity index (χ2n) is 6.94. The van der Waals surface area contributed by atoms with Crippen molar-refractivity contribution in [2.24, 2.45) is 10.2 Å². The molecule has 2 aliphatic rings. The van der Waals surface area contributed by atoms with Gasteiger partial charge in [0, 0.05) is 22.7 Å². The molecule has 3 aromatic rings. The second kappa shape index (κ2) is 7.49. The van der Waals surface area contributed by atoms with E-state index in [4.69, 9.17) is 9.47 Å². The zero-order valence-electron chi connectivity index (χ0n) is 16.8. The molecule has 0 unspecified atom stereocenters. The van der Waals surface area contributed by atoms with Crippen LogP contribution in [0.25, 0.3) is 0 Å². The van der Waals surface area contributed by atoms with Gasteiger partial charge in [0.1, 0.15) is 16.5 Å². The number of ether oxygens (including phenoxy) is 2. The second-order valence-corrected chi connectivity index (χ2v) is 7.97. The highest BCUT2D eigenvalue weighted by atomic mass is 32.2. The summed E-state index contributed by atoms with van der Waals surface area (Å²) in [5.41, 5.74) is 4.95. The molecule has 1 aromatic heterocycles. The number of anilines is 3. The average molecular weight is 420 g/mol.